The zero-order valence-corrected chi connectivity index (χ0v) is 23.2. The Hall–Kier alpha value is -3.05. The van der Waals surface area contributed by atoms with Crippen molar-refractivity contribution in [1.29, 1.82) is 0 Å². The molecule has 0 fully saturated rings. The molecule has 6 rings (SSSR count). The maximum absolute atomic E-state index is 2.23. The molecular weight excluding hydrogens is 529 g/mol. The van der Waals surface area contributed by atoms with Gasteiger partial charge in [0.05, 0.1) is 0 Å². The third kappa shape index (κ3) is 7.04. The standard InChI is InChI=1S/2C17H14P.Co/c2*1-3-9-15(10-4-1)18(17-13-7-8-14-17)16-11-5-2-6-12-16;/h2*1-14H;/q2*-1;+2. The van der Waals surface area contributed by atoms with Crippen molar-refractivity contribution in [2.45, 2.75) is 0 Å². The van der Waals surface area contributed by atoms with Gasteiger partial charge in [0, 0.05) is 0 Å². The van der Waals surface area contributed by atoms with Gasteiger partial charge in [-0.2, -0.15) is 24.3 Å². The van der Waals surface area contributed by atoms with Crippen LogP contribution >= 0.6 is 15.8 Å². The minimum absolute atomic E-state index is 0. The van der Waals surface area contributed by atoms with Gasteiger partial charge < -0.3 is 0 Å². The van der Waals surface area contributed by atoms with E-state index in [1.165, 1.54) is 31.8 Å². The molecular formula is C34H28CoP2. The Kier molecular flexibility index (Phi) is 10.2. The SMILES string of the molecule is [Co+2].c1ccc(P(c2ccccc2)c2ccc[cH-]2)cc1.c1ccc(P(c2ccccc2)c2ccc[cH-]2)cc1. The molecule has 0 heterocycles. The van der Waals surface area contributed by atoms with Crippen molar-refractivity contribution < 1.29 is 16.8 Å². The van der Waals surface area contributed by atoms with E-state index in [0.29, 0.717) is 0 Å². The molecule has 0 aliphatic carbocycles. The van der Waals surface area contributed by atoms with E-state index in [9.17, 15) is 0 Å². The Morgan fingerprint density at radius 1 is 0.324 bits per heavy atom. The van der Waals surface area contributed by atoms with Gasteiger partial charge in [0.1, 0.15) is 0 Å². The molecule has 0 saturated carbocycles. The number of benzene rings is 4. The molecule has 6 aromatic rings. The van der Waals surface area contributed by atoms with Crippen LogP contribution in [-0.2, 0) is 16.8 Å². The van der Waals surface area contributed by atoms with Gasteiger partial charge in [0.25, 0.3) is 0 Å². The van der Waals surface area contributed by atoms with Crippen molar-refractivity contribution in [3.8, 4) is 0 Å². The van der Waals surface area contributed by atoms with Gasteiger partial charge in [0.2, 0.25) is 0 Å². The summed E-state index contributed by atoms with van der Waals surface area (Å²) in [6, 6.07) is 60.5. The maximum Gasteiger partial charge on any atom is 2.00 e. The van der Waals surface area contributed by atoms with Crippen LogP contribution in [0.3, 0.4) is 0 Å². The van der Waals surface area contributed by atoms with Gasteiger partial charge in [-0.15, -0.1) is 10.6 Å². The van der Waals surface area contributed by atoms with Crippen LogP contribution < -0.4 is 31.8 Å². The third-order valence-electron chi connectivity index (χ3n) is 5.86. The van der Waals surface area contributed by atoms with E-state index < -0.39 is 15.8 Å². The first-order valence-corrected chi connectivity index (χ1v) is 14.8. The average molecular weight is 557 g/mol. The normalized spacial score (nSPS) is 10.4. The molecule has 0 unspecified atom stereocenters. The Labute approximate surface area is 233 Å². The van der Waals surface area contributed by atoms with Crippen LogP contribution in [0.5, 0.6) is 0 Å². The van der Waals surface area contributed by atoms with Gasteiger partial charge >= 0.3 is 16.8 Å². The molecule has 0 amide bonds. The van der Waals surface area contributed by atoms with E-state index in [-0.39, 0.29) is 16.8 Å². The van der Waals surface area contributed by atoms with Crippen LogP contribution in [0.2, 0.25) is 0 Å². The average Bonchev–Trinajstić information content (AvgIpc) is 3.68. The van der Waals surface area contributed by atoms with Crippen LogP contribution in [0.15, 0.2) is 170 Å². The van der Waals surface area contributed by atoms with Crippen molar-refractivity contribution >= 4 is 47.7 Å². The summed E-state index contributed by atoms with van der Waals surface area (Å²) in [7, 11) is -0.818. The minimum atomic E-state index is -0.409. The van der Waals surface area contributed by atoms with E-state index in [4.69, 9.17) is 0 Å². The Balaban J connectivity index is 0.000000168. The fourth-order valence-corrected chi connectivity index (χ4v) is 8.84. The molecule has 0 aliphatic rings. The summed E-state index contributed by atoms with van der Waals surface area (Å²) in [5.74, 6) is 0. The second-order valence-electron chi connectivity index (χ2n) is 8.30. The molecule has 6 aromatic carbocycles. The van der Waals surface area contributed by atoms with Gasteiger partial charge in [-0.3, -0.25) is 0 Å². The fraction of sp³-hybridized carbons (Fsp3) is 0. The van der Waals surface area contributed by atoms with Gasteiger partial charge in [-0.05, 0) is 37.1 Å². The first kappa shape index (κ1) is 27.0. The van der Waals surface area contributed by atoms with Crippen molar-refractivity contribution in [3.63, 3.8) is 0 Å². The maximum atomic E-state index is 2.23. The van der Waals surface area contributed by atoms with Crippen molar-refractivity contribution in [3.05, 3.63) is 170 Å². The topological polar surface area (TPSA) is 0 Å². The second-order valence-corrected chi connectivity index (χ2v) is 12.7. The Bertz CT molecular complexity index is 1210. The predicted octanol–water partition coefficient (Wildman–Crippen LogP) is 6.32. The van der Waals surface area contributed by atoms with Crippen LogP contribution in [0.25, 0.3) is 0 Å². The molecule has 0 aliphatic heterocycles. The van der Waals surface area contributed by atoms with E-state index in [1.807, 2.05) is 0 Å². The van der Waals surface area contributed by atoms with E-state index in [0.717, 1.165) is 0 Å². The van der Waals surface area contributed by atoms with Crippen LogP contribution in [0.1, 0.15) is 0 Å². The van der Waals surface area contributed by atoms with Gasteiger partial charge in [-0.25, -0.2) is 24.3 Å². The molecule has 37 heavy (non-hydrogen) atoms. The molecule has 0 spiro atoms. The summed E-state index contributed by atoms with van der Waals surface area (Å²) >= 11 is 0. The number of hydrogen-bond donors (Lipinski definition) is 0. The molecule has 183 valence electrons. The quantitative estimate of drug-likeness (QED) is 0.166. The monoisotopic (exact) mass is 557 g/mol. The predicted molar refractivity (Wildman–Crippen MR) is 161 cm³/mol. The number of rotatable bonds is 6. The molecule has 0 bridgehead atoms. The zero-order valence-electron chi connectivity index (χ0n) is 20.4. The third-order valence-corrected chi connectivity index (χ3v) is 10.8. The summed E-state index contributed by atoms with van der Waals surface area (Å²) in [6.07, 6.45) is 0. The molecule has 0 N–H and O–H groups in total. The summed E-state index contributed by atoms with van der Waals surface area (Å²) in [6.45, 7) is 0. The second kappa shape index (κ2) is 14.0. The first-order chi connectivity index (χ1) is 17.9. The van der Waals surface area contributed by atoms with E-state index >= 15 is 0 Å². The van der Waals surface area contributed by atoms with E-state index in [1.54, 1.807) is 0 Å². The van der Waals surface area contributed by atoms with Crippen LogP contribution in [-0.4, -0.2) is 0 Å². The fourth-order valence-electron chi connectivity index (χ4n) is 4.23. The molecule has 1 radical (unpaired) electrons. The molecule has 3 heteroatoms. The van der Waals surface area contributed by atoms with Crippen LogP contribution in [0, 0.1) is 0 Å². The van der Waals surface area contributed by atoms with Crippen molar-refractivity contribution in [2.24, 2.45) is 0 Å². The summed E-state index contributed by atoms with van der Waals surface area (Å²) in [5.41, 5.74) is 0. The minimum Gasteiger partial charge on any atom is -0.213 e. The molecule has 0 atom stereocenters. The summed E-state index contributed by atoms with van der Waals surface area (Å²) in [4.78, 5) is 0. The Morgan fingerprint density at radius 2 is 0.595 bits per heavy atom. The molecule has 0 saturated heterocycles. The molecule has 0 aromatic heterocycles. The molecule has 0 nitrogen and oxygen atoms in total. The summed E-state index contributed by atoms with van der Waals surface area (Å²) in [5, 5.41) is 8.47. The smallest absolute Gasteiger partial charge is 0.213 e. The zero-order chi connectivity index (χ0) is 24.4. The largest absolute Gasteiger partial charge is 2.00 e. The van der Waals surface area contributed by atoms with Crippen molar-refractivity contribution in [2.75, 3.05) is 0 Å². The van der Waals surface area contributed by atoms with Gasteiger partial charge in [0.15, 0.2) is 0 Å². The Morgan fingerprint density at radius 3 is 0.811 bits per heavy atom. The van der Waals surface area contributed by atoms with E-state index in [2.05, 4.69) is 170 Å². The van der Waals surface area contributed by atoms with Crippen molar-refractivity contribution in [1.82, 2.24) is 0 Å². The van der Waals surface area contributed by atoms with Gasteiger partial charge in [-0.1, -0.05) is 121 Å². The van der Waals surface area contributed by atoms with Crippen LogP contribution in [0.4, 0.5) is 0 Å². The number of hydrogen-bond acceptors (Lipinski definition) is 0. The summed E-state index contributed by atoms with van der Waals surface area (Å²) < 4.78 is 0. The first-order valence-electron chi connectivity index (χ1n) is 12.1.